The summed E-state index contributed by atoms with van der Waals surface area (Å²) in [5, 5.41) is 8.77. The quantitative estimate of drug-likeness (QED) is 0.763. The zero-order valence-electron chi connectivity index (χ0n) is 11.0. The molecule has 2 aromatic rings. The largest absolute Gasteiger partial charge is 0.256 e. The van der Waals surface area contributed by atoms with Crippen LogP contribution in [0.25, 0.3) is 11.3 Å². The van der Waals surface area contributed by atoms with E-state index in [2.05, 4.69) is 29.3 Å². The highest BCUT2D eigenvalue weighted by atomic mass is 14.7. The highest BCUT2D eigenvalue weighted by Crippen LogP contribution is 2.18. The lowest BCUT2D eigenvalue weighted by molar-refractivity contribution is 0.986. The number of hydrogen-bond donors (Lipinski definition) is 0. The molecule has 1 aromatic carbocycles. The van der Waals surface area contributed by atoms with E-state index in [0.29, 0.717) is 5.56 Å². The molecule has 2 heteroatoms. The Bertz CT molecular complexity index is 587. The number of pyridine rings is 1. The summed E-state index contributed by atoms with van der Waals surface area (Å²) in [7, 11) is 0. The van der Waals surface area contributed by atoms with Gasteiger partial charge in [-0.3, -0.25) is 4.98 Å². The van der Waals surface area contributed by atoms with Crippen molar-refractivity contribution in [1.29, 1.82) is 5.26 Å². The van der Waals surface area contributed by atoms with E-state index < -0.39 is 0 Å². The van der Waals surface area contributed by atoms with Crippen LogP contribution < -0.4 is 0 Å². The standard InChI is InChI=1S/C17H16N2/c1-2-3-4-5-15-8-11-17(19-13-15)16-9-6-14(12-18)7-10-16/h2-3,6-11,13H,4-5H2,1H3/b3-2+. The van der Waals surface area contributed by atoms with E-state index >= 15 is 0 Å². The van der Waals surface area contributed by atoms with Crippen LogP contribution in [0.1, 0.15) is 24.5 Å². The molecule has 2 nitrogen and oxygen atoms in total. The van der Waals surface area contributed by atoms with Crippen LogP contribution in [0.15, 0.2) is 54.7 Å². The Labute approximate surface area is 114 Å². The van der Waals surface area contributed by atoms with Gasteiger partial charge in [-0.25, -0.2) is 0 Å². The minimum Gasteiger partial charge on any atom is -0.256 e. The maximum absolute atomic E-state index is 8.77. The first-order valence-electron chi connectivity index (χ1n) is 6.40. The summed E-state index contributed by atoms with van der Waals surface area (Å²) in [5.74, 6) is 0. The van der Waals surface area contributed by atoms with Gasteiger partial charge < -0.3 is 0 Å². The van der Waals surface area contributed by atoms with E-state index in [1.165, 1.54) is 5.56 Å². The molecule has 2 rings (SSSR count). The van der Waals surface area contributed by atoms with Crippen LogP contribution in [0, 0.1) is 11.3 Å². The smallest absolute Gasteiger partial charge is 0.0991 e. The Kier molecular flexibility index (Phi) is 4.47. The molecular formula is C17H16N2. The number of rotatable bonds is 4. The van der Waals surface area contributed by atoms with E-state index in [1.54, 1.807) is 0 Å². The summed E-state index contributed by atoms with van der Waals surface area (Å²) in [6.45, 7) is 2.03. The predicted octanol–water partition coefficient (Wildman–Crippen LogP) is 4.13. The zero-order chi connectivity index (χ0) is 13.5. The topological polar surface area (TPSA) is 36.7 Å². The molecule has 19 heavy (non-hydrogen) atoms. The van der Waals surface area contributed by atoms with Gasteiger partial charge in [0, 0.05) is 11.8 Å². The van der Waals surface area contributed by atoms with Crippen molar-refractivity contribution < 1.29 is 0 Å². The zero-order valence-corrected chi connectivity index (χ0v) is 11.0. The molecule has 0 fully saturated rings. The van der Waals surface area contributed by atoms with Gasteiger partial charge in [0.2, 0.25) is 0 Å². The fraction of sp³-hybridized carbons (Fsp3) is 0.176. The lowest BCUT2D eigenvalue weighted by Gasteiger charge is -2.03. The predicted molar refractivity (Wildman–Crippen MR) is 77.5 cm³/mol. The van der Waals surface area contributed by atoms with E-state index in [-0.39, 0.29) is 0 Å². The van der Waals surface area contributed by atoms with Crippen LogP contribution in [0.3, 0.4) is 0 Å². The summed E-state index contributed by atoms with van der Waals surface area (Å²) in [4.78, 5) is 4.48. The second-order valence-electron chi connectivity index (χ2n) is 4.35. The van der Waals surface area contributed by atoms with Crippen molar-refractivity contribution in [2.45, 2.75) is 19.8 Å². The normalized spacial score (nSPS) is 10.5. The highest BCUT2D eigenvalue weighted by Gasteiger charge is 2.00. The van der Waals surface area contributed by atoms with Gasteiger partial charge in [-0.1, -0.05) is 30.4 Å². The molecule has 0 aliphatic carbocycles. The molecule has 94 valence electrons. The molecule has 0 spiro atoms. The van der Waals surface area contributed by atoms with Gasteiger partial charge in [-0.15, -0.1) is 0 Å². The summed E-state index contributed by atoms with van der Waals surface area (Å²) >= 11 is 0. The van der Waals surface area contributed by atoms with Crippen molar-refractivity contribution in [3.8, 4) is 17.3 Å². The summed E-state index contributed by atoms with van der Waals surface area (Å²) in [6.07, 6.45) is 8.23. The maximum atomic E-state index is 8.77. The fourth-order valence-electron chi connectivity index (χ4n) is 1.88. The number of hydrogen-bond acceptors (Lipinski definition) is 2. The van der Waals surface area contributed by atoms with E-state index in [0.717, 1.165) is 24.1 Å². The van der Waals surface area contributed by atoms with Gasteiger partial charge in [0.05, 0.1) is 17.3 Å². The van der Waals surface area contributed by atoms with Crippen molar-refractivity contribution in [3.63, 3.8) is 0 Å². The van der Waals surface area contributed by atoms with Crippen LogP contribution in [-0.4, -0.2) is 4.98 Å². The summed E-state index contributed by atoms with van der Waals surface area (Å²) < 4.78 is 0. The van der Waals surface area contributed by atoms with Crippen molar-refractivity contribution in [3.05, 3.63) is 65.9 Å². The Hall–Kier alpha value is -2.40. The fourth-order valence-corrected chi connectivity index (χ4v) is 1.88. The molecule has 0 bridgehead atoms. The Balaban J connectivity index is 2.11. The molecule has 1 heterocycles. The number of aromatic nitrogens is 1. The minimum atomic E-state index is 0.673. The molecule has 0 aliphatic heterocycles. The molecule has 0 saturated heterocycles. The Morgan fingerprint density at radius 2 is 1.95 bits per heavy atom. The number of allylic oxidation sites excluding steroid dienone is 2. The van der Waals surface area contributed by atoms with E-state index in [1.807, 2.05) is 43.5 Å². The third-order valence-electron chi connectivity index (χ3n) is 2.97. The first-order valence-corrected chi connectivity index (χ1v) is 6.40. The summed E-state index contributed by atoms with van der Waals surface area (Å²) in [6, 6.07) is 13.8. The highest BCUT2D eigenvalue weighted by molar-refractivity contribution is 5.60. The average molecular weight is 248 g/mol. The third kappa shape index (κ3) is 3.53. The third-order valence-corrected chi connectivity index (χ3v) is 2.97. The van der Waals surface area contributed by atoms with Gasteiger partial charge in [0.1, 0.15) is 0 Å². The molecule has 0 radical (unpaired) electrons. The molecular weight excluding hydrogens is 232 g/mol. The van der Waals surface area contributed by atoms with Gasteiger partial charge in [0.25, 0.3) is 0 Å². The number of nitrogens with zero attached hydrogens (tertiary/aromatic N) is 2. The van der Waals surface area contributed by atoms with Crippen LogP contribution >= 0.6 is 0 Å². The summed E-state index contributed by atoms with van der Waals surface area (Å²) in [5.41, 5.74) is 3.90. The number of nitriles is 1. The maximum Gasteiger partial charge on any atom is 0.0991 e. The van der Waals surface area contributed by atoms with Crippen molar-refractivity contribution in [2.24, 2.45) is 0 Å². The van der Waals surface area contributed by atoms with Crippen LogP contribution in [0.5, 0.6) is 0 Å². The lowest BCUT2D eigenvalue weighted by Crippen LogP contribution is -1.88. The van der Waals surface area contributed by atoms with E-state index in [9.17, 15) is 0 Å². The van der Waals surface area contributed by atoms with Crippen molar-refractivity contribution in [1.82, 2.24) is 4.98 Å². The molecule has 0 saturated carbocycles. The monoisotopic (exact) mass is 248 g/mol. The number of aryl methyl sites for hydroxylation is 1. The first kappa shape index (κ1) is 13.0. The first-order chi connectivity index (χ1) is 9.33. The second-order valence-corrected chi connectivity index (χ2v) is 4.35. The van der Waals surface area contributed by atoms with Crippen LogP contribution in [-0.2, 0) is 6.42 Å². The van der Waals surface area contributed by atoms with Gasteiger partial charge in [0.15, 0.2) is 0 Å². The van der Waals surface area contributed by atoms with E-state index in [4.69, 9.17) is 5.26 Å². The molecule has 0 amide bonds. The van der Waals surface area contributed by atoms with Crippen LogP contribution in [0.2, 0.25) is 0 Å². The minimum absolute atomic E-state index is 0.673. The SMILES string of the molecule is C/C=C/CCc1ccc(-c2ccc(C#N)cc2)nc1. The lowest BCUT2D eigenvalue weighted by atomic mass is 10.1. The van der Waals surface area contributed by atoms with Gasteiger partial charge in [-0.05, 0) is 43.5 Å². The molecule has 0 aliphatic rings. The van der Waals surface area contributed by atoms with Crippen molar-refractivity contribution in [2.75, 3.05) is 0 Å². The van der Waals surface area contributed by atoms with Gasteiger partial charge in [-0.2, -0.15) is 5.26 Å². The van der Waals surface area contributed by atoms with Gasteiger partial charge >= 0.3 is 0 Å². The molecule has 1 aromatic heterocycles. The molecule has 0 unspecified atom stereocenters. The van der Waals surface area contributed by atoms with Crippen LogP contribution in [0.4, 0.5) is 0 Å². The number of benzene rings is 1. The average Bonchev–Trinajstić information content (AvgIpc) is 2.48. The molecule has 0 N–H and O–H groups in total. The molecule has 0 atom stereocenters. The second kappa shape index (κ2) is 6.51. The Morgan fingerprint density at radius 3 is 2.53 bits per heavy atom. The van der Waals surface area contributed by atoms with Crippen molar-refractivity contribution >= 4 is 0 Å². The Morgan fingerprint density at radius 1 is 1.16 bits per heavy atom.